The van der Waals surface area contributed by atoms with Gasteiger partial charge in [0.1, 0.15) is 5.60 Å². The first kappa shape index (κ1) is 31.1. The largest absolute Gasteiger partial charge is 0.416 e. The number of rotatable bonds is 5. The van der Waals surface area contributed by atoms with E-state index in [2.05, 4.69) is 25.6 Å². The Morgan fingerprint density at radius 2 is 1.34 bits per heavy atom. The van der Waals surface area contributed by atoms with Gasteiger partial charge in [-0.15, -0.1) is 0 Å². The number of aliphatic imine (C=N–C) groups is 1. The van der Waals surface area contributed by atoms with Crippen LogP contribution in [0.5, 0.6) is 0 Å². The van der Waals surface area contributed by atoms with Crippen LogP contribution in [0.3, 0.4) is 0 Å². The minimum absolute atomic E-state index is 0.0591. The Morgan fingerprint density at radius 3 is 1.84 bits per heavy atom. The number of guanidine groups is 1. The Hall–Kier alpha value is -4.35. The fourth-order valence-corrected chi connectivity index (χ4v) is 5.79. The SMILES string of the molecule is Cc1cc(C)nc(N/C(=N/C(=S)Nc2ccc(C(F)(F)F)cc2)N2CCC(C(O)(c3ccccc3)c3ccccc3)CC2)n1. The predicted molar refractivity (Wildman–Crippen MR) is 170 cm³/mol. The van der Waals surface area contributed by atoms with Crippen LogP contribution in [-0.4, -0.2) is 44.1 Å². The molecule has 228 valence electrons. The molecule has 1 saturated heterocycles. The first-order valence-corrected chi connectivity index (χ1v) is 14.7. The minimum Gasteiger partial charge on any atom is -0.380 e. The molecule has 0 saturated carbocycles. The number of anilines is 2. The van der Waals surface area contributed by atoms with Gasteiger partial charge in [0.2, 0.25) is 17.0 Å². The third kappa shape index (κ3) is 7.23. The number of aromatic nitrogens is 2. The van der Waals surface area contributed by atoms with Gasteiger partial charge in [-0.1, -0.05) is 60.7 Å². The van der Waals surface area contributed by atoms with Crippen molar-refractivity contribution in [3.63, 3.8) is 0 Å². The number of aliphatic hydroxyl groups is 1. The van der Waals surface area contributed by atoms with Gasteiger partial charge >= 0.3 is 6.18 Å². The molecular formula is C33H33F3N6OS. The molecule has 4 aromatic rings. The average Bonchev–Trinajstić information content (AvgIpc) is 3.00. The molecule has 5 rings (SSSR count). The van der Waals surface area contributed by atoms with E-state index >= 15 is 0 Å². The van der Waals surface area contributed by atoms with Crippen molar-refractivity contribution in [3.8, 4) is 0 Å². The molecule has 3 aromatic carbocycles. The summed E-state index contributed by atoms with van der Waals surface area (Å²) in [6.45, 7) is 4.83. The number of hydrogen-bond donors (Lipinski definition) is 3. The summed E-state index contributed by atoms with van der Waals surface area (Å²) in [5.41, 5.74) is 1.67. The molecule has 1 aliphatic heterocycles. The van der Waals surface area contributed by atoms with Crippen molar-refractivity contribution in [1.82, 2.24) is 14.9 Å². The van der Waals surface area contributed by atoms with E-state index in [4.69, 9.17) is 12.2 Å². The van der Waals surface area contributed by atoms with E-state index in [1.165, 1.54) is 12.1 Å². The summed E-state index contributed by atoms with van der Waals surface area (Å²) in [6.07, 6.45) is -3.14. The number of aryl methyl sites for hydroxylation is 2. The van der Waals surface area contributed by atoms with Crippen molar-refractivity contribution in [2.45, 2.75) is 38.5 Å². The van der Waals surface area contributed by atoms with Crippen molar-refractivity contribution in [1.29, 1.82) is 0 Å². The zero-order valence-corrected chi connectivity index (χ0v) is 25.2. The van der Waals surface area contributed by atoms with Gasteiger partial charge in [-0.25, -0.2) is 9.97 Å². The summed E-state index contributed by atoms with van der Waals surface area (Å²) >= 11 is 5.50. The third-order valence-corrected chi connectivity index (χ3v) is 7.88. The van der Waals surface area contributed by atoms with Crippen LogP contribution >= 0.6 is 12.2 Å². The van der Waals surface area contributed by atoms with E-state index in [9.17, 15) is 18.3 Å². The summed E-state index contributed by atoms with van der Waals surface area (Å²) in [7, 11) is 0. The first-order valence-electron chi connectivity index (χ1n) is 14.3. The number of thiocarbonyl (C=S) groups is 1. The van der Waals surface area contributed by atoms with Crippen LogP contribution < -0.4 is 10.6 Å². The number of piperidine rings is 1. The van der Waals surface area contributed by atoms with Crippen molar-refractivity contribution in [2.75, 3.05) is 23.7 Å². The van der Waals surface area contributed by atoms with Crippen LogP contribution in [0.2, 0.25) is 0 Å². The molecule has 7 nitrogen and oxygen atoms in total. The lowest BCUT2D eigenvalue weighted by Crippen LogP contribution is -2.48. The van der Waals surface area contributed by atoms with Crippen molar-refractivity contribution >= 4 is 34.9 Å². The van der Waals surface area contributed by atoms with Gasteiger partial charge in [0, 0.05) is 30.2 Å². The van der Waals surface area contributed by atoms with Crippen LogP contribution in [0.4, 0.5) is 24.8 Å². The van der Waals surface area contributed by atoms with Crippen molar-refractivity contribution in [3.05, 3.63) is 119 Å². The minimum atomic E-state index is -4.43. The van der Waals surface area contributed by atoms with Crippen molar-refractivity contribution < 1.29 is 18.3 Å². The summed E-state index contributed by atoms with van der Waals surface area (Å²) in [5.74, 6) is 0.672. The van der Waals surface area contributed by atoms with E-state index in [0.717, 1.165) is 34.6 Å². The maximum absolute atomic E-state index is 13.0. The van der Waals surface area contributed by atoms with Gasteiger partial charge in [0.25, 0.3) is 0 Å². The molecule has 0 aliphatic carbocycles. The molecular weight excluding hydrogens is 585 g/mol. The molecule has 2 heterocycles. The molecule has 0 bridgehead atoms. The summed E-state index contributed by atoms with van der Waals surface area (Å²) in [5, 5.41) is 18.5. The highest BCUT2D eigenvalue weighted by atomic mass is 32.1. The van der Waals surface area contributed by atoms with Gasteiger partial charge < -0.3 is 15.3 Å². The van der Waals surface area contributed by atoms with Gasteiger partial charge in [0.05, 0.1) is 5.56 Å². The van der Waals surface area contributed by atoms with Gasteiger partial charge in [-0.2, -0.15) is 18.2 Å². The van der Waals surface area contributed by atoms with Crippen LogP contribution in [0.15, 0.2) is 96.0 Å². The molecule has 0 amide bonds. The predicted octanol–water partition coefficient (Wildman–Crippen LogP) is 6.93. The van der Waals surface area contributed by atoms with E-state index in [0.29, 0.717) is 43.5 Å². The molecule has 11 heteroatoms. The highest BCUT2D eigenvalue weighted by molar-refractivity contribution is 7.80. The van der Waals surface area contributed by atoms with E-state index in [-0.39, 0.29) is 11.0 Å². The Morgan fingerprint density at radius 1 is 0.818 bits per heavy atom. The number of likely N-dealkylation sites (tertiary alicyclic amines) is 1. The molecule has 0 unspecified atom stereocenters. The second-order valence-electron chi connectivity index (χ2n) is 10.8. The lowest BCUT2D eigenvalue weighted by molar-refractivity contribution is -0.137. The van der Waals surface area contributed by atoms with Gasteiger partial charge in [0.15, 0.2) is 0 Å². The number of nitrogens with zero attached hydrogens (tertiary/aromatic N) is 4. The van der Waals surface area contributed by atoms with Crippen LogP contribution in [-0.2, 0) is 11.8 Å². The van der Waals surface area contributed by atoms with E-state index in [1.807, 2.05) is 85.5 Å². The number of benzene rings is 3. The van der Waals surface area contributed by atoms with E-state index in [1.54, 1.807) is 0 Å². The molecule has 0 atom stereocenters. The molecule has 0 radical (unpaired) electrons. The monoisotopic (exact) mass is 618 g/mol. The molecule has 1 aromatic heterocycles. The van der Waals surface area contributed by atoms with Crippen LogP contribution in [0.1, 0.15) is 40.9 Å². The highest BCUT2D eigenvalue weighted by Gasteiger charge is 2.42. The maximum Gasteiger partial charge on any atom is 0.416 e. The second kappa shape index (κ2) is 13.1. The summed E-state index contributed by atoms with van der Waals surface area (Å²) in [4.78, 5) is 15.6. The normalized spacial score (nSPS) is 14.8. The number of alkyl halides is 3. The molecule has 1 fully saturated rings. The molecule has 1 aliphatic rings. The Bertz CT molecular complexity index is 1550. The van der Waals surface area contributed by atoms with Crippen LogP contribution in [0, 0.1) is 19.8 Å². The standard InChI is InChI=1S/C33H33F3N6OS/c1-22-21-23(2)38-29(37-22)40-30(41-31(44)39-28-15-13-27(14-16-28)33(34,35)36)42-19-17-26(18-20-42)32(43,24-9-5-3-6-10-24)25-11-7-4-8-12-25/h3-16,21,26,43H,17-20H2,1-2H3,(H2,37,38,39,40,41,44). The first-order chi connectivity index (χ1) is 21.0. The number of nitrogens with one attached hydrogen (secondary N) is 2. The quantitative estimate of drug-likeness (QED) is 0.127. The Balaban J connectivity index is 1.39. The summed E-state index contributed by atoms with van der Waals surface area (Å²) < 4.78 is 39.0. The molecule has 3 N–H and O–H groups in total. The zero-order chi connectivity index (χ0) is 31.3. The van der Waals surface area contributed by atoms with Gasteiger partial charge in [-0.3, -0.25) is 5.32 Å². The van der Waals surface area contributed by atoms with E-state index < -0.39 is 17.3 Å². The number of hydrogen-bond acceptors (Lipinski definition) is 4. The summed E-state index contributed by atoms with van der Waals surface area (Å²) in [6, 6.07) is 25.9. The topological polar surface area (TPSA) is 85.7 Å². The molecule has 44 heavy (non-hydrogen) atoms. The third-order valence-electron chi connectivity index (χ3n) is 7.69. The fourth-order valence-electron chi connectivity index (χ4n) is 5.58. The fraction of sp³-hybridized carbons (Fsp3) is 0.273. The lowest BCUT2D eigenvalue weighted by Gasteiger charge is -2.43. The highest BCUT2D eigenvalue weighted by Crippen LogP contribution is 2.42. The Kier molecular flexibility index (Phi) is 9.26. The Labute approximate surface area is 259 Å². The maximum atomic E-state index is 13.0. The van der Waals surface area contributed by atoms with Crippen molar-refractivity contribution in [2.24, 2.45) is 10.9 Å². The smallest absolute Gasteiger partial charge is 0.380 e. The van der Waals surface area contributed by atoms with Gasteiger partial charge in [-0.05, 0) is 86.3 Å². The zero-order valence-electron chi connectivity index (χ0n) is 24.3. The average molecular weight is 619 g/mol. The molecule has 0 spiro atoms. The number of halogens is 3. The second-order valence-corrected chi connectivity index (χ2v) is 11.2. The lowest BCUT2D eigenvalue weighted by atomic mass is 9.72. The van der Waals surface area contributed by atoms with Crippen LogP contribution in [0.25, 0.3) is 0 Å².